The van der Waals surface area contributed by atoms with E-state index in [1.165, 1.54) is 0 Å². The van der Waals surface area contributed by atoms with Gasteiger partial charge in [0.05, 0.1) is 7.74 Å². The molecule has 0 saturated carbocycles. The van der Waals surface area contributed by atoms with E-state index in [2.05, 4.69) is 35.7 Å². The van der Waals surface area contributed by atoms with Gasteiger partial charge >= 0.3 is 0 Å². The fourth-order valence-electron chi connectivity index (χ4n) is 0. The molecule has 0 rings (SSSR count). The highest BCUT2D eigenvalue weighted by atomic mass is 31.3. The molecule has 0 amide bonds. The van der Waals surface area contributed by atoms with Gasteiger partial charge in [0.15, 0.2) is 0 Å². The summed E-state index contributed by atoms with van der Waals surface area (Å²) in [5.41, 5.74) is 0.900. The third kappa shape index (κ3) is 3.25. The second-order valence-corrected chi connectivity index (χ2v) is 12.2. The SMILES string of the molecule is CC(C)[Si](C)(C)P. The minimum Gasteiger partial charge on any atom is -0.149 e. The van der Waals surface area contributed by atoms with E-state index in [-0.39, 0.29) is 0 Å². The van der Waals surface area contributed by atoms with Crippen molar-refractivity contribution < 1.29 is 0 Å². The van der Waals surface area contributed by atoms with Crippen molar-refractivity contribution in [2.24, 2.45) is 0 Å². The Labute approximate surface area is 49.8 Å². The zero-order chi connectivity index (χ0) is 6.08. The summed E-state index contributed by atoms with van der Waals surface area (Å²) in [7, 11) is 2.15. The van der Waals surface area contributed by atoms with Gasteiger partial charge in [0.1, 0.15) is 0 Å². The van der Waals surface area contributed by atoms with Gasteiger partial charge in [-0.1, -0.05) is 26.9 Å². The van der Waals surface area contributed by atoms with Crippen LogP contribution in [0.2, 0.25) is 18.6 Å². The molecule has 1 atom stereocenters. The maximum absolute atomic E-state index is 2.97. The lowest BCUT2D eigenvalue weighted by Crippen LogP contribution is -2.19. The van der Waals surface area contributed by atoms with Gasteiger partial charge in [-0.15, -0.1) is 8.79 Å². The first-order valence-electron chi connectivity index (χ1n) is 2.73. The quantitative estimate of drug-likeness (QED) is 0.382. The van der Waals surface area contributed by atoms with Crippen LogP contribution in [0.25, 0.3) is 0 Å². The largest absolute Gasteiger partial charge is 0.149 e. The van der Waals surface area contributed by atoms with Gasteiger partial charge < -0.3 is 0 Å². The smallest absolute Gasteiger partial charge is 0.0709 e. The summed E-state index contributed by atoms with van der Waals surface area (Å²) in [6.07, 6.45) is 0. The van der Waals surface area contributed by atoms with Crippen molar-refractivity contribution in [2.45, 2.75) is 32.5 Å². The van der Waals surface area contributed by atoms with Crippen LogP contribution in [0, 0.1) is 0 Å². The molecule has 0 aromatic carbocycles. The Morgan fingerprint density at radius 3 is 1.43 bits per heavy atom. The summed E-state index contributed by atoms with van der Waals surface area (Å²) < 4.78 is 0. The molecule has 0 nitrogen and oxygen atoms in total. The first-order valence-corrected chi connectivity index (χ1v) is 7.62. The van der Waals surface area contributed by atoms with Crippen LogP contribution in [0.5, 0.6) is 0 Å². The Kier molecular flexibility index (Phi) is 2.49. The zero-order valence-corrected chi connectivity index (χ0v) is 7.81. The molecular formula is C5H15PSi. The molecular weight excluding hydrogens is 119 g/mol. The van der Waals surface area contributed by atoms with Crippen LogP contribution in [0.4, 0.5) is 0 Å². The zero-order valence-electron chi connectivity index (χ0n) is 5.65. The molecule has 1 unspecified atom stereocenters. The summed E-state index contributed by atoms with van der Waals surface area (Å²) in [6, 6.07) is 0. The first-order chi connectivity index (χ1) is 2.94. The average Bonchev–Trinajstić information content (AvgIpc) is 1.31. The standard InChI is InChI=1S/C5H15PSi/c1-5(2)7(3,4)6/h5H,6H2,1-4H3. The maximum atomic E-state index is 2.97. The highest BCUT2D eigenvalue weighted by molar-refractivity contribution is 7.68. The minimum absolute atomic E-state index is 0.818. The van der Waals surface area contributed by atoms with Crippen LogP contribution >= 0.6 is 8.79 Å². The Bertz CT molecular complexity index is 53.6. The highest BCUT2D eigenvalue weighted by Crippen LogP contribution is 2.25. The molecule has 0 fully saturated rings. The summed E-state index contributed by atoms with van der Waals surface area (Å²) in [6.45, 7) is 9.31. The van der Waals surface area contributed by atoms with Crippen molar-refractivity contribution in [3.63, 3.8) is 0 Å². The molecule has 0 saturated heterocycles. The Morgan fingerprint density at radius 2 is 1.43 bits per heavy atom. The highest BCUT2D eigenvalue weighted by Gasteiger charge is 2.17. The van der Waals surface area contributed by atoms with Gasteiger partial charge in [0.2, 0.25) is 0 Å². The van der Waals surface area contributed by atoms with Gasteiger partial charge in [-0.05, 0) is 5.54 Å². The fourth-order valence-corrected chi connectivity index (χ4v) is 0. The van der Waals surface area contributed by atoms with E-state index in [9.17, 15) is 0 Å². The topological polar surface area (TPSA) is 0 Å². The van der Waals surface area contributed by atoms with Crippen molar-refractivity contribution in [2.75, 3.05) is 0 Å². The summed E-state index contributed by atoms with van der Waals surface area (Å²) >= 11 is 0. The van der Waals surface area contributed by atoms with Crippen LogP contribution in [0.3, 0.4) is 0 Å². The van der Waals surface area contributed by atoms with Crippen molar-refractivity contribution in [3.8, 4) is 0 Å². The van der Waals surface area contributed by atoms with E-state index >= 15 is 0 Å². The average molecular weight is 134 g/mol. The third-order valence-electron chi connectivity index (χ3n) is 1.49. The second kappa shape index (κ2) is 2.28. The predicted molar refractivity (Wildman–Crippen MR) is 42.3 cm³/mol. The van der Waals surface area contributed by atoms with E-state index in [0.29, 0.717) is 0 Å². The van der Waals surface area contributed by atoms with Crippen LogP contribution in [-0.4, -0.2) is 7.74 Å². The van der Waals surface area contributed by atoms with Crippen LogP contribution in [-0.2, 0) is 0 Å². The van der Waals surface area contributed by atoms with Crippen LogP contribution in [0.1, 0.15) is 13.8 Å². The Balaban J connectivity index is 3.54. The van der Waals surface area contributed by atoms with Crippen molar-refractivity contribution in [1.29, 1.82) is 0 Å². The van der Waals surface area contributed by atoms with Gasteiger partial charge in [-0.2, -0.15) is 0 Å². The van der Waals surface area contributed by atoms with Crippen molar-refractivity contribution in [1.82, 2.24) is 0 Å². The second-order valence-electron chi connectivity index (χ2n) is 2.98. The predicted octanol–water partition coefficient (Wildman–Crippen LogP) is 2.48. The first kappa shape index (κ1) is 7.65. The lowest BCUT2D eigenvalue weighted by molar-refractivity contribution is 1.03. The molecule has 0 aromatic rings. The van der Waals surface area contributed by atoms with Crippen molar-refractivity contribution >= 4 is 16.5 Å². The number of hydrogen-bond acceptors (Lipinski definition) is 0. The normalized spacial score (nSPS) is 12.9. The van der Waals surface area contributed by atoms with Crippen molar-refractivity contribution in [3.05, 3.63) is 0 Å². The molecule has 7 heavy (non-hydrogen) atoms. The molecule has 0 aromatic heterocycles. The molecule has 2 heteroatoms. The Morgan fingerprint density at radius 1 is 1.29 bits per heavy atom. The third-order valence-corrected chi connectivity index (χ3v) is 6.46. The van der Waals surface area contributed by atoms with E-state index in [1.807, 2.05) is 0 Å². The molecule has 0 aliphatic rings. The number of hydrogen-bond donors (Lipinski definition) is 0. The maximum Gasteiger partial charge on any atom is 0.0709 e. The minimum atomic E-state index is -0.818. The summed E-state index contributed by atoms with van der Waals surface area (Å²) in [4.78, 5) is 0. The van der Waals surface area contributed by atoms with E-state index in [0.717, 1.165) is 5.54 Å². The molecule has 44 valence electrons. The molecule has 0 radical (unpaired) electrons. The van der Waals surface area contributed by atoms with E-state index in [4.69, 9.17) is 0 Å². The number of rotatable bonds is 1. The van der Waals surface area contributed by atoms with Gasteiger partial charge in [0.25, 0.3) is 0 Å². The van der Waals surface area contributed by atoms with Gasteiger partial charge in [0, 0.05) is 0 Å². The lowest BCUT2D eigenvalue weighted by Gasteiger charge is -2.19. The summed E-state index contributed by atoms with van der Waals surface area (Å²) in [5.74, 6) is 0. The lowest BCUT2D eigenvalue weighted by atomic mass is 10.6. The van der Waals surface area contributed by atoms with E-state index < -0.39 is 7.74 Å². The van der Waals surface area contributed by atoms with Crippen LogP contribution in [0.15, 0.2) is 0 Å². The summed E-state index contributed by atoms with van der Waals surface area (Å²) in [5, 5.41) is 0. The molecule has 0 spiro atoms. The molecule has 0 aliphatic heterocycles. The monoisotopic (exact) mass is 134 g/mol. The van der Waals surface area contributed by atoms with Gasteiger partial charge in [-0.3, -0.25) is 0 Å². The molecule has 0 N–H and O–H groups in total. The molecule has 0 aliphatic carbocycles. The van der Waals surface area contributed by atoms with Gasteiger partial charge in [-0.25, -0.2) is 0 Å². The molecule has 0 heterocycles. The Hall–Kier alpha value is 0.647. The fraction of sp³-hybridized carbons (Fsp3) is 1.00. The molecule has 0 bridgehead atoms. The van der Waals surface area contributed by atoms with Crippen LogP contribution < -0.4 is 0 Å². The van der Waals surface area contributed by atoms with E-state index in [1.54, 1.807) is 0 Å².